The van der Waals surface area contributed by atoms with Crippen molar-refractivity contribution >= 4 is 0 Å². The summed E-state index contributed by atoms with van der Waals surface area (Å²) in [5.41, 5.74) is 3.09. The molecule has 28 heavy (non-hydrogen) atoms. The Kier molecular flexibility index (Phi) is 5.30. The fourth-order valence-electron chi connectivity index (χ4n) is 5.50. The summed E-state index contributed by atoms with van der Waals surface area (Å²) >= 11 is 0. The van der Waals surface area contributed by atoms with E-state index in [1.54, 1.807) is 4.68 Å². The second kappa shape index (κ2) is 7.33. The van der Waals surface area contributed by atoms with E-state index in [2.05, 4.69) is 29.6 Å². The van der Waals surface area contributed by atoms with Gasteiger partial charge >= 0.3 is 0 Å². The van der Waals surface area contributed by atoms with E-state index in [0.29, 0.717) is 12.5 Å². The van der Waals surface area contributed by atoms with Gasteiger partial charge in [-0.15, -0.1) is 0 Å². The third-order valence-electron chi connectivity index (χ3n) is 6.70. The van der Waals surface area contributed by atoms with Gasteiger partial charge in [0.1, 0.15) is 6.54 Å². The van der Waals surface area contributed by atoms with Gasteiger partial charge in [-0.2, -0.15) is 5.10 Å². The number of hydrogen-bond acceptors (Lipinski definition) is 4. The standard InChI is InChI=1S/C21H34F2N4O/c1-19(2)12-20(28-14-19)6-4-15(5-7-20)18-16(11-25-9-8-24-3)26-27-13-21(22,23)10-17(18)27/h15,24-25H,4-14H2,1-3H3/t15-,20-. The molecule has 3 heterocycles. The molecule has 5 nitrogen and oxygen atoms in total. The first kappa shape index (κ1) is 20.2. The zero-order valence-electron chi connectivity index (χ0n) is 17.4. The molecule has 158 valence electrons. The van der Waals surface area contributed by atoms with Gasteiger partial charge in [0.25, 0.3) is 5.92 Å². The van der Waals surface area contributed by atoms with Crippen molar-refractivity contribution in [3.05, 3.63) is 17.0 Å². The molecule has 1 saturated carbocycles. The van der Waals surface area contributed by atoms with Gasteiger partial charge in [-0.25, -0.2) is 8.78 Å². The Bertz CT molecular complexity index is 708. The normalized spacial score (nSPS) is 30.8. The Hall–Kier alpha value is -1.05. The third-order valence-corrected chi connectivity index (χ3v) is 6.70. The van der Waals surface area contributed by atoms with E-state index in [9.17, 15) is 8.78 Å². The van der Waals surface area contributed by atoms with Crippen LogP contribution in [0.15, 0.2) is 0 Å². The van der Waals surface area contributed by atoms with Crippen molar-refractivity contribution < 1.29 is 13.5 Å². The molecule has 1 saturated heterocycles. The SMILES string of the molecule is CNCCNCc1nn2c(c1[C@H]1CC[C@]3(CC1)CC(C)(C)CO3)CC(F)(F)C2. The Labute approximate surface area is 166 Å². The monoisotopic (exact) mass is 396 g/mol. The second-order valence-corrected chi connectivity index (χ2v) is 9.86. The number of rotatable bonds is 6. The van der Waals surface area contributed by atoms with Crippen LogP contribution < -0.4 is 10.6 Å². The number of halogens is 2. The molecule has 1 spiro atoms. The van der Waals surface area contributed by atoms with E-state index in [0.717, 1.165) is 68.8 Å². The number of hydrogen-bond donors (Lipinski definition) is 2. The largest absolute Gasteiger partial charge is 0.374 e. The minimum Gasteiger partial charge on any atom is -0.374 e. The number of ether oxygens (including phenoxy) is 1. The molecule has 2 N–H and O–H groups in total. The Morgan fingerprint density at radius 3 is 2.61 bits per heavy atom. The lowest BCUT2D eigenvalue weighted by Crippen LogP contribution is -2.34. The maximum absolute atomic E-state index is 14.0. The zero-order chi connectivity index (χ0) is 20.0. The van der Waals surface area contributed by atoms with E-state index in [4.69, 9.17) is 4.74 Å². The molecule has 0 radical (unpaired) electrons. The van der Waals surface area contributed by atoms with Gasteiger partial charge in [-0.05, 0) is 50.5 Å². The molecule has 0 aromatic carbocycles. The van der Waals surface area contributed by atoms with Gasteiger partial charge in [-0.1, -0.05) is 13.8 Å². The summed E-state index contributed by atoms with van der Waals surface area (Å²) in [5, 5.41) is 11.1. The summed E-state index contributed by atoms with van der Waals surface area (Å²) in [5.74, 6) is -2.35. The lowest BCUT2D eigenvalue weighted by atomic mass is 9.71. The number of nitrogens with zero attached hydrogens (tertiary/aromatic N) is 2. The van der Waals surface area contributed by atoms with Crippen LogP contribution in [0.2, 0.25) is 0 Å². The molecule has 0 amide bonds. The van der Waals surface area contributed by atoms with Crippen LogP contribution >= 0.6 is 0 Å². The quantitative estimate of drug-likeness (QED) is 0.725. The van der Waals surface area contributed by atoms with Crippen LogP contribution in [0.4, 0.5) is 8.78 Å². The molecule has 1 aliphatic carbocycles. The highest BCUT2D eigenvalue weighted by Crippen LogP contribution is 2.51. The van der Waals surface area contributed by atoms with Gasteiger partial charge in [0.15, 0.2) is 0 Å². The minimum atomic E-state index is -2.66. The third kappa shape index (κ3) is 3.98. The van der Waals surface area contributed by atoms with Crippen molar-refractivity contribution in [3.63, 3.8) is 0 Å². The molecule has 1 aromatic rings. The summed E-state index contributed by atoms with van der Waals surface area (Å²) in [6, 6.07) is 0. The highest BCUT2D eigenvalue weighted by Gasteiger charge is 2.48. The van der Waals surface area contributed by atoms with Crippen molar-refractivity contribution in [3.8, 4) is 0 Å². The van der Waals surface area contributed by atoms with E-state index in [1.807, 2.05) is 7.05 Å². The summed E-state index contributed by atoms with van der Waals surface area (Å²) < 4.78 is 35.9. The van der Waals surface area contributed by atoms with Crippen LogP contribution in [0.1, 0.15) is 68.8 Å². The highest BCUT2D eigenvalue weighted by atomic mass is 19.3. The first-order valence-corrected chi connectivity index (χ1v) is 10.7. The fourth-order valence-corrected chi connectivity index (χ4v) is 5.50. The molecular weight excluding hydrogens is 362 g/mol. The smallest absolute Gasteiger partial charge is 0.272 e. The van der Waals surface area contributed by atoms with Crippen LogP contribution in [-0.2, 0) is 24.2 Å². The predicted octanol–water partition coefficient (Wildman–Crippen LogP) is 3.23. The number of aromatic nitrogens is 2. The first-order valence-electron chi connectivity index (χ1n) is 10.7. The lowest BCUT2D eigenvalue weighted by Gasteiger charge is -2.37. The molecule has 1 aromatic heterocycles. The van der Waals surface area contributed by atoms with Crippen molar-refractivity contribution in [2.75, 3.05) is 26.7 Å². The molecular formula is C21H34F2N4O. The predicted molar refractivity (Wildman–Crippen MR) is 105 cm³/mol. The number of fused-ring (bicyclic) bond motifs is 1. The highest BCUT2D eigenvalue weighted by molar-refractivity contribution is 5.34. The Morgan fingerprint density at radius 2 is 1.96 bits per heavy atom. The fraction of sp³-hybridized carbons (Fsp3) is 0.857. The van der Waals surface area contributed by atoms with Gasteiger partial charge < -0.3 is 15.4 Å². The van der Waals surface area contributed by atoms with Crippen molar-refractivity contribution in [1.29, 1.82) is 0 Å². The summed E-state index contributed by atoms with van der Waals surface area (Å²) in [6.07, 6.45) is 4.99. The molecule has 0 bridgehead atoms. The molecule has 2 aliphatic heterocycles. The van der Waals surface area contributed by atoms with Gasteiger partial charge in [-0.3, -0.25) is 4.68 Å². The summed E-state index contributed by atoms with van der Waals surface area (Å²) in [4.78, 5) is 0. The average molecular weight is 397 g/mol. The van der Waals surface area contributed by atoms with Gasteiger partial charge in [0.05, 0.1) is 24.3 Å². The molecule has 0 unspecified atom stereocenters. The van der Waals surface area contributed by atoms with E-state index < -0.39 is 5.92 Å². The van der Waals surface area contributed by atoms with Crippen LogP contribution in [0.3, 0.4) is 0 Å². The summed E-state index contributed by atoms with van der Waals surface area (Å²) in [7, 11) is 1.92. The minimum absolute atomic E-state index is 0.00544. The lowest BCUT2D eigenvalue weighted by molar-refractivity contribution is -0.0295. The number of likely N-dealkylation sites (N-methyl/N-ethyl adjacent to an activating group) is 1. The maximum Gasteiger partial charge on any atom is 0.272 e. The van der Waals surface area contributed by atoms with Gasteiger partial charge in [0.2, 0.25) is 0 Å². The van der Waals surface area contributed by atoms with Crippen molar-refractivity contribution in [2.45, 2.75) is 82.9 Å². The van der Waals surface area contributed by atoms with E-state index in [-0.39, 0.29) is 24.0 Å². The Balaban J connectivity index is 1.50. The molecule has 3 aliphatic rings. The van der Waals surface area contributed by atoms with Crippen LogP contribution in [-0.4, -0.2) is 48.0 Å². The molecule has 7 heteroatoms. The van der Waals surface area contributed by atoms with E-state index in [1.165, 1.54) is 0 Å². The average Bonchev–Trinajstić information content (AvgIpc) is 3.20. The van der Waals surface area contributed by atoms with Crippen LogP contribution in [0.25, 0.3) is 0 Å². The van der Waals surface area contributed by atoms with Crippen molar-refractivity contribution in [1.82, 2.24) is 20.4 Å². The van der Waals surface area contributed by atoms with Crippen LogP contribution in [0.5, 0.6) is 0 Å². The zero-order valence-corrected chi connectivity index (χ0v) is 17.4. The first-order chi connectivity index (χ1) is 13.2. The topological polar surface area (TPSA) is 51.1 Å². The number of nitrogens with one attached hydrogen (secondary N) is 2. The van der Waals surface area contributed by atoms with E-state index >= 15 is 0 Å². The molecule has 2 fully saturated rings. The second-order valence-electron chi connectivity index (χ2n) is 9.86. The maximum atomic E-state index is 14.0. The summed E-state index contributed by atoms with van der Waals surface area (Å²) in [6.45, 7) is 7.46. The van der Waals surface area contributed by atoms with Gasteiger partial charge in [0, 0.05) is 30.9 Å². The molecule has 0 atom stereocenters. The van der Waals surface area contributed by atoms with Crippen LogP contribution in [0, 0.1) is 5.41 Å². The Morgan fingerprint density at radius 1 is 1.21 bits per heavy atom. The molecule has 4 rings (SSSR count). The number of alkyl halides is 2. The van der Waals surface area contributed by atoms with Crippen molar-refractivity contribution in [2.24, 2.45) is 5.41 Å².